The third kappa shape index (κ3) is 4.51. The number of carbonyl (C=O) groups excluding carboxylic acids is 1. The normalized spacial score (nSPS) is 21.3. The van der Waals surface area contributed by atoms with E-state index in [9.17, 15) is 4.79 Å². The Morgan fingerprint density at radius 2 is 1.93 bits per heavy atom. The Morgan fingerprint density at radius 3 is 2.72 bits per heavy atom. The van der Waals surface area contributed by atoms with Crippen molar-refractivity contribution < 1.29 is 19.0 Å². The van der Waals surface area contributed by atoms with Gasteiger partial charge in [-0.2, -0.15) is 0 Å². The van der Waals surface area contributed by atoms with E-state index in [0.29, 0.717) is 12.9 Å². The smallest absolute Gasteiger partial charge is 0.293 e. The maximum absolute atomic E-state index is 10.5. The molecule has 4 nitrogen and oxygen atoms in total. The summed E-state index contributed by atoms with van der Waals surface area (Å²) in [5, 5.41) is 1.17. The zero-order chi connectivity index (χ0) is 20.1. The third-order valence-corrected chi connectivity index (χ3v) is 6.21. The highest BCUT2D eigenvalue weighted by Crippen LogP contribution is 2.37. The van der Waals surface area contributed by atoms with Gasteiger partial charge in [-0.25, -0.2) is 0 Å². The first-order valence-electron chi connectivity index (χ1n) is 9.68. The van der Waals surface area contributed by atoms with Crippen LogP contribution in [0.4, 0.5) is 0 Å². The Labute approximate surface area is 174 Å². The van der Waals surface area contributed by atoms with Gasteiger partial charge in [0.1, 0.15) is 12.7 Å². The van der Waals surface area contributed by atoms with Crippen LogP contribution in [0, 0.1) is 11.8 Å². The molecule has 2 aromatic carbocycles. The maximum atomic E-state index is 10.5. The second-order valence-electron chi connectivity index (χ2n) is 6.90. The molecule has 3 atom stereocenters. The minimum Gasteiger partial charge on any atom is -0.462 e. The molecular formula is C24H22O4S. The molecule has 0 bridgehead atoms. The van der Waals surface area contributed by atoms with Gasteiger partial charge < -0.3 is 14.2 Å². The van der Waals surface area contributed by atoms with Crippen molar-refractivity contribution >= 4 is 27.9 Å². The van der Waals surface area contributed by atoms with Gasteiger partial charge in [0.05, 0.1) is 16.5 Å². The number of benzene rings is 2. The van der Waals surface area contributed by atoms with E-state index in [1.807, 2.05) is 31.2 Å². The summed E-state index contributed by atoms with van der Waals surface area (Å²) in [4.78, 5) is 11.7. The molecule has 1 aliphatic heterocycles. The van der Waals surface area contributed by atoms with E-state index < -0.39 is 0 Å². The van der Waals surface area contributed by atoms with Crippen LogP contribution in [-0.2, 0) is 19.0 Å². The number of hydrogen-bond donors (Lipinski definition) is 0. The summed E-state index contributed by atoms with van der Waals surface area (Å²) in [6.07, 6.45) is 0.701. The number of thiophene rings is 1. The van der Waals surface area contributed by atoms with Crippen LogP contribution in [0.5, 0.6) is 0 Å². The molecule has 1 fully saturated rings. The van der Waals surface area contributed by atoms with Gasteiger partial charge in [-0.1, -0.05) is 60.4 Å². The Balaban J connectivity index is 1.48. The van der Waals surface area contributed by atoms with Crippen molar-refractivity contribution in [1.82, 2.24) is 0 Å². The van der Waals surface area contributed by atoms with E-state index >= 15 is 0 Å². The predicted octanol–water partition coefficient (Wildman–Crippen LogP) is 5.00. The van der Waals surface area contributed by atoms with Gasteiger partial charge >= 0.3 is 0 Å². The van der Waals surface area contributed by atoms with Crippen LogP contribution in [0.1, 0.15) is 25.3 Å². The Hall–Kier alpha value is -2.65. The first-order chi connectivity index (χ1) is 14.3. The van der Waals surface area contributed by atoms with E-state index in [1.165, 1.54) is 20.5 Å². The fourth-order valence-electron chi connectivity index (χ4n) is 3.52. The quantitative estimate of drug-likeness (QED) is 0.442. The summed E-state index contributed by atoms with van der Waals surface area (Å²) in [6.45, 7) is 2.65. The SMILES string of the molecule is C[C@@H]1O[C@@H](OCC#Cc2c(-c3ccccc3)sc3ccccc23)CC[C@@H]1OC=O. The van der Waals surface area contributed by atoms with Crippen LogP contribution in [0.15, 0.2) is 54.6 Å². The van der Waals surface area contributed by atoms with E-state index in [4.69, 9.17) is 14.2 Å². The number of rotatable bonds is 5. The highest BCUT2D eigenvalue weighted by Gasteiger charge is 2.29. The zero-order valence-corrected chi connectivity index (χ0v) is 17.0. The van der Waals surface area contributed by atoms with Gasteiger partial charge in [-0.3, -0.25) is 4.79 Å². The molecule has 4 rings (SSSR count). The van der Waals surface area contributed by atoms with Crippen molar-refractivity contribution in [3.05, 3.63) is 60.2 Å². The molecule has 0 amide bonds. The number of ether oxygens (including phenoxy) is 3. The molecule has 0 radical (unpaired) electrons. The minimum atomic E-state index is -0.321. The highest BCUT2D eigenvalue weighted by atomic mass is 32.1. The molecule has 3 aromatic rings. The Kier molecular flexibility index (Phi) is 6.26. The molecule has 1 saturated heterocycles. The molecule has 148 valence electrons. The van der Waals surface area contributed by atoms with Crippen LogP contribution >= 0.6 is 11.3 Å². The third-order valence-electron chi connectivity index (χ3n) is 4.99. The monoisotopic (exact) mass is 406 g/mol. The lowest BCUT2D eigenvalue weighted by Crippen LogP contribution is -2.39. The number of hydrogen-bond acceptors (Lipinski definition) is 5. The maximum Gasteiger partial charge on any atom is 0.293 e. The fraction of sp³-hybridized carbons (Fsp3) is 0.292. The number of fused-ring (bicyclic) bond motifs is 1. The standard InChI is InChI=1S/C24H22O4S/c1-17-21(27-16-25)13-14-23(28-17)26-15-7-11-20-19-10-5-6-12-22(19)29-24(20)18-8-3-2-4-9-18/h2-6,8-10,12,16-17,21,23H,13-15H2,1H3/t17-,21-,23+/m0/s1. The van der Waals surface area contributed by atoms with Gasteiger partial charge in [-0.15, -0.1) is 11.3 Å². The fourth-order valence-corrected chi connectivity index (χ4v) is 4.69. The van der Waals surface area contributed by atoms with Gasteiger partial charge in [-0.05, 0) is 25.0 Å². The molecule has 0 N–H and O–H groups in total. The lowest BCUT2D eigenvalue weighted by molar-refractivity contribution is -0.217. The van der Waals surface area contributed by atoms with Gasteiger partial charge in [0.2, 0.25) is 0 Å². The van der Waals surface area contributed by atoms with Crippen LogP contribution in [0.25, 0.3) is 20.5 Å². The summed E-state index contributed by atoms with van der Waals surface area (Å²) in [5.74, 6) is 6.48. The zero-order valence-electron chi connectivity index (χ0n) is 16.2. The van der Waals surface area contributed by atoms with Gasteiger partial charge in [0.15, 0.2) is 6.29 Å². The Morgan fingerprint density at radius 1 is 1.14 bits per heavy atom. The van der Waals surface area contributed by atoms with Crippen molar-refractivity contribution in [3.8, 4) is 22.3 Å². The first kappa shape index (κ1) is 19.7. The molecule has 0 saturated carbocycles. The Bertz CT molecular complexity index is 1030. The van der Waals surface area contributed by atoms with E-state index in [1.54, 1.807) is 11.3 Å². The minimum absolute atomic E-state index is 0.183. The van der Waals surface area contributed by atoms with Crippen LogP contribution in [-0.4, -0.2) is 31.6 Å². The van der Waals surface area contributed by atoms with E-state index in [-0.39, 0.29) is 25.1 Å². The van der Waals surface area contributed by atoms with Crippen LogP contribution in [0.2, 0.25) is 0 Å². The molecule has 0 aliphatic carbocycles. The van der Waals surface area contributed by atoms with Gasteiger partial charge in [0, 0.05) is 16.5 Å². The average Bonchev–Trinajstić information content (AvgIpc) is 3.12. The van der Waals surface area contributed by atoms with Crippen molar-refractivity contribution in [2.45, 2.75) is 38.3 Å². The molecule has 29 heavy (non-hydrogen) atoms. The first-order valence-corrected chi connectivity index (χ1v) is 10.5. The molecule has 5 heteroatoms. The summed E-state index contributed by atoms with van der Waals surface area (Å²) in [6, 6.07) is 18.7. The summed E-state index contributed by atoms with van der Waals surface area (Å²) < 4.78 is 17.8. The lowest BCUT2D eigenvalue weighted by Gasteiger charge is -2.32. The van der Waals surface area contributed by atoms with E-state index in [0.717, 1.165) is 12.0 Å². The average molecular weight is 407 g/mol. The van der Waals surface area contributed by atoms with Crippen LogP contribution in [0.3, 0.4) is 0 Å². The lowest BCUT2D eigenvalue weighted by atomic mass is 10.1. The van der Waals surface area contributed by atoms with Crippen molar-refractivity contribution in [2.75, 3.05) is 6.61 Å². The van der Waals surface area contributed by atoms with Crippen LogP contribution < -0.4 is 0 Å². The van der Waals surface area contributed by atoms with E-state index in [2.05, 4.69) is 42.2 Å². The molecule has 1 aliphatic rings. The second kappa shape index (κ2) is 9.23. The number of carbonyl (C=O) groups is 1. The summed E-state index contributed by atoms with van der Waals surface area (Å²) >= 11 is 1.76. The highest BCUT2D eigenvalue weighted by molar-refractivity contribution is 7.22. The molecular weight excluding hydrogens is 384 g/mol. The second-order valence-corrected chi connectivity index (χ2v) is 7.95. The van der Waals surface area contributed by atoms with Gasteiger partial charge in [0.25, 0.3) is 6.47 Å². The predicted molar refractivity (Wildman–Crippen MR) is 115 cm³/mol. The summed E-state index contributed by atoms with van der Waals surface area (Å²) in [7, 11) is 0. The molecule has 0 unspecified atom stereocenters. The van der Waals surface area contributed by atoms with Crippen molar-refractivity contribution in [3.63, 3.8) is 0 Å². The largest absolute Gasteiger partial charge is 0.462 e. The summed E-state index contributed by atoms with van der Waals surface area (Å²) in [5.41, 5.74) is 2.21. The van der Waals surface area contributed by atoms with Crippen molar-refractivity contribution in [1.29, 1.82) is 0 Å². The topological polar surface area (TPSA) is 44.8 Å². The molecule has 0 spiro atoms. The molecule has 1 aromatic heterocycles. The van der Waals surface area contributed by atoms with Crippen molar-refractivity contribution in [2.24, 2.45) is 0 Å². The molecule has 2 heterocycles.